The summed E-state index contributed by atoms with van der Waals surface area (Å²) in [6, 6.07) is 0. The zero-order chi connectivity index (χ0) is 11.4. The summed E-state index contributed by atoms with van der Waals surface area (Å²) >= 11 is 0. The smallest absolute Gasteiger partial charge is 0.0661 e. The van der Waals surface area contributed by atoms with Crippen LogP contribution in [0.25, 0.3) is 12.2 Å². The highest BCUT2D eigenvalue weighted by Gasteiger charge is 2.10. The SMILES string of the molecule is C/C=C\C=C/c1cnc2c(c1C)CCC=C2. The van der Waals surface area contributed by atoms with Gasteiger partial charge in [0, 0.05) is 6.20 Å². The van der Waals surface area contributed by atoms with Gasteiger partial charge in [-0.05, 0) is 49.5 Å². The topological polar surface area (TPSA) is 12.9 Å². The lowest BCUT2D eigenvalue weighted by atomic mass is 9.95. The van der Waals surface area contributed by atoms with Gasteiger partial charge < -0.3 is 0 Å². The lowest BCUT2D eigenvalue weighted by Gasteiger charge is -2.14. The molecule has 1 aromatic rings. The van der Waals surface area contributed by atoms with Crippen molar-refractivity contribution in [2.24, 2.45) is 0 Å². The number of allylic oxidation sites excluding steroid dienone is 4. The molecule has 0 radical (unpaired) electrons. The van der Waals surface area contributed by atoms with Gasteiger partial charge in [0.2, 0.25) is 0 Å². The van der Waals surface area contributed by atoms with E-state index in [2.05, 4.69) is 36.2 Å². The minimum absolute atomic E-state index is 1.12. The van der Waals surface area contributed by atoms with Gasteiger partial charge in [0.25, 0.3) is 0 Å². The minimum atomic E-state index is 1.12. The maximum Gasteiger partial charge on any atom is 0.0661 e. The second-order valence-corrected chi connectivity index (χ2v) is 4.03. The van der Waals surface area contributed by atoms with Crippen molar-refractivity contribution in [2.45, 2.75) is 26.7 Å². The van der Waals surface area contributed by atoms with E-state index >= 15 is 0 Å². The third-order valence-corrected chi connectivity index (χ3v) is 2.95. The molecule has 82 valence electrons. The average molecular weight is 211 g/mol. The van der Waals surface area contributed by atoms with E-state index in [0.29, 0.717) is 0 Å². The summed E-state index contributed by atoms with van der Waals surface area (Å²) in [5.41, 5.74) is 5.15. The van der Waals surface area contributed by atoms with Crippen LogP contribution in [0.5, 0.6) is 0 Å². The highest BCUT2D eigenvalue weighted by Crippen LogP contribution is 2.23. The fourth-order valence-electron chi connectivity index (χ4n) is 2.00. The van der Waals surface area contributed by atoms with Crippen molar-refractivity contribution < 1.29 is 0 Å². The first-order valence-corrected chi connectivity index (χ1v) is 5.77. The molecule has 0 saturated carbocycles. The van der Waals surface area contributed by atoms with Crippen LogP contribution in [0.15, 0.2) is 30.5 Å². The maximum atomic E-state index is 4.50. The summed E-state index contributed by atoms with van der Waals surface area (Å²) in [6.07, 6.45) is 16.8. The van der Waals surface area contributed by atoms with Gasteiger partial charge in [0.15, 0.2) is 0 Å². The number of hydrogen-bond acceptors (Lipinski definition) is 1. The van der Waals surface area contributed by atoms with E-state index in [1.807, 2.05) is 25.3 Å². The lowest BCUT2D eigenvalue weighted by molar-refractivity contribution is 0.947. The van der Waals surface area contributed by atoms with Crippen molar-refractivity contribution >= 4 is 12.2 Å². The molecule has 1 aliphatic rings. The predicted molar refractivity (Wildman–Crippen MR) is 70.2 cm³/mol. The van der Waals surface area contributed by atoms with Gasteiger partial charge in [-0.2, -0.15) is 0 Å². The van der Waals surface area contributed by atoms with Crippen LogP contribution in [-0.4, -0.2) is 4.98 Å². The largest absolute Gasteiger partial charge is 0.256 e. The Hall–Kier alpha value is -1.63. The van der Waals surface area contributed by atoms with Crippen LogP contribution in [0.2, 0.25) is 0 Å². The van der Waals surface area contributed by atoms with E-state index in [4.69, 9.17) is 0 Å². The molecule has 0 spiro atoms. The fraction of sp³-hybridized carbons (Fsp3) is 0.267. The van der Waals surface area contributed by atoms with Crippen molar-refractivity contribution in [1.29, 1.82) is 0 Å². The molecule has 16 heavy (non-hydrogen) atoms. The molecule has 1 heterocycles. The Morgan fingerprint density at radius 3 is 3.00 bits per heavy atom. The molecule has 1 nitrogen and oxygen atoms in total. The number of hydrogen-bond donors (Lipinski definition) is 0. The molecular weight excluding hydrogens is 194 g/mol. The first kappa shape index (κ1) is 10.9. The molecular formula is C15H17N. The molecule has 0 saturated heterocycles. The Morgan fingerprint density at radius 1 is 1.31 bits per heavy atom. The molecule has 1 heteroatoms. The van der Waals surface area contributed by atoms with E-state index in [1.165, 1.54) is 16.7 Å². The zero-order valence-corrected chi connectivity index (χ0v) is 9.90. The Kier molecular flexibility index (Phi) is 3.35. The normalized spacial score (nSPS) is 14.9. The number of rotatable bonds is 2. The van der Waals surface area contributed by atoms with E-state index in [-0.39, 0.29) is 0 Å². The summed E-state index contributed by atoms with van der Waals surface area (Å²) in [7, 11) is 0. The van der Waals surface area contributed by atoms with Gasteiger partial charge in [-0.25, -0.2) is 0 Å². The Balaban J connectivity index is 2.38. The summed E-state index contributed by atoms with van der Waals surface area (Å²) in [5.74, 6) is 0. The van der Waals surface area contributed by atoms with Crippen molar-refractivity contribution in [1.82, 2.24) is 4.98 Å². The molecule has 0 aromatic carbocycles. The molecule has 0 atom stereocenters. The van der Waals surface area contributed by atoms with E-state index in [1.54, 1.807) is 0 Å². The molecule has 0 fully saturated rings. The highest BCUT2D eigenvalue weighted by molar-refractivity contribution is 5.62. The van der Waals surface area contributed by atoms with E-state index in [9.17, 15) is 0 Å². The van der Waals surface area contributed by atoms with Crippen molar-refractivity contribution in [3.8, 4) is 0 Å². The summed E-state index contributed by atoms with van der Waals surface area (Å²) in [5, 5.41) is 0. The Bertz CT molecular complexity index is 465. The third kappa shape index (κ3) is 2.13. The zero-order valence-electron chi connectivity index (χ0n) is 9.90. The van der Waals surface area contributed by atoms with Gasteiger partial charge in [-0.3, -0.25) is 4.98 Å². The molecule has 0 aliphatic heterocycles. The summed E-state index contributed by atoms with van der Waals surface area (Å²) in [4.78, 5) is 4.50. The van der Waals surface area contributed by atoms with Crippen LogP contribution >= 0.6 is 0 Å². The predicted octanol–water partition coefficient (Wildman–Crippen LogP) is 3.94. The van der Waals surface area contributed by atoms with Gasteiger partial charge in [-0.1, -0.05) is 30.4 Å². The Labute approximate surface area is 97.2 Å². The van der Waals surface area contributed by atoms with Gasteiger partial charge in [0.05, 0.1) is 5.69 Å². The summed E-state index contributed by atoms with van der Waals surface area (Å²) < 4.78 is 0. The fourth-order valence-corrected chi connectivity index (χ4v) is 2.00. The third-order valence-electron chi connectivity index (χ3n) is 2.95. The number of fused-ring (bicyclic) bond motifs is 1. The highest BCUT2D eigenvalue weighted by atomic mass is 14.7. The van der Waals surface area contributed by atoms with Crippen molar-refractivity contribution in [3.05, 3.63) is 52.9 Å². The van der Waals surface area contributed by atoms with E-state index < -0.39 is 0 Å². The van der Waals surface area contributed by atoms with Crippen LogP contribution in [0.4, 0.5) is 0 Å². The van der Waals surface area contributed by atoms with Crippen molar-refractivity contribution in [3.63, 3.8) is 0 Å². The second-order valence-electron chi connectivity index (χ2n) is 4.03. The van der Waals surface area contributed by atoms with E-state index in [0.717, 1.165) is 18.5 Å². The van der Waals surface area contributed by atoms with Crippen LogP contribution in [-0.2, 0) is 6.42 Å². The molecule has 0 bridgehead atoms. The number of nitrogens with zero attached hydrogens (tertiary/aromatic N) is 1. The molecule has 0 unspecified atom stereocenters. The average Bonchev–Trinajstić information content (AvgIpc) is 2.33. The van der Waals surface area contributed by atoms with Crippen LogP contribution < -0.4 is 0 Å². The van der Waals surface area contributed by atoms with Crippen LogP contribution in [0.1, 0.15) is 35.7 Å². The molecule has 0 amide bonds. The Morgan fingerprint density at radius 2 is 2.19 bits per heavy atom. The molecule has 1 aliphatic carbocycles. The minimum Gasteiger partial charge on any atom is -0.256 e. The van der Waals surface area contributed by atoms with Gasteiger partial charge in [-0.15, -0.1) is 0 Å². The number of aromatic nitrogens is 1. The van der Waals surface area contributed by atoms with Crippen LogP contribution in [0, 0.1) is 6.92 Å². The first-order chi connectivity index (χ1) is 7.83. The standard InChI is InChI=1S/C15H17N/c1-3-4-5-8-13-11-16-15-10-7-6-9-14(15)12(13)2/h3-5,7-8,10-11H,6,9H2,1-2H3/b4-3-,8-5-. The van der Waals surface area contributed by atoms with Gasteiger partial charge >= 0.3 is 0 Å². The number of pyridine rings is 1. The summed E-state index contributed by atoms with van der Waals surface area (Å²) in [6.45, 7) is 4.21. The monoisotopic (exact) mass is 211 g/mol. The van der Waals surface area contributed by atoms with Gasteiger partial charge in [0.1, 0.15) is 0 Å². The molecule has 1 aromatic heterocycles. The van der Waals surface area contributed by atoms with Crippen molar-refractivity contribution in [2.75, 3.05) is 0 Å². The first-order valence-electron chi connectivity index (χ1n) is 5.77. The quantitative estimate of drug-likeness (QED) is 0.675. The molecule has 0 N–H and O–H groups in total. The maximum absolute atomic E-state index is 4.50. The second kappa shape index (κ2) is 4.93. The molecule has 2 rings (SSSR count). The van der Waals surface area contributed by atoms with Crippen LogP contribution in [0.3, 0.4) is 0 Å². The lowest BCUT2D eigenvalue weighted by Crippen LogP contribution is -2.01.